The molecule has 0 aromatic heterocycles. The molecule has 3 aromatic rings. The van der Waals surface area contributed by atoms with Crippen LogP contribution in [-0.2, 0) is 5.41 Å². The molecule has 3 nitrogen and oxygen atoms in total. The molecule has 0 radical (unpaired) electrons. The predicted molar refractivity (Wildman–Crippen MR) is 206 cm³/mol. The van der Waals surface area contributed by atoms with Gasteiger partial charge in [-0.3, -0.25) is 0 Å². The third kappa shape index (κ3) is 6.58. The van der Waals surface area contributed by atoms with Crippen molar-refractivity contribution in [3.05, 3.63) is 71.3 Å². The molecule has 0 saturated carbocycles. The van der Waals surface area contributed by atoms with Gasteiger partial charge in [0.05, 0.1) is 5.41 Å². The Morgan fingerprint density at radius 2 is 0.596 bits per heavy atom. The zero-order valence-electron chi connectivity index (χ0n) is 30.4. The summed E-state index contributed by atoms with van der Waals surface area (Å²) in [5, 5.41) is 0. The van der Waals surface area contributed by atoms with Gasteiger partial charge in [-0.25, -0.2) is 0 Å². The topological polar surface area (TPSA) is 9.72 Å². The first-order valence-electron chi connectivity index (χ1n) is 19.9. The minimum atomic E-state index is -0.156. The lowest BCUT2D eigenvalue weighted by atomic mass is 9.62. The average molecular weight is 634 g/mol. The van der Waals surface area contributed by atoms with E-state index in [0.29, 0.717) is 0 Å². The van der Waals surface area contributed by atoms with Crippen LogP contribution in [0.15, 0.2) is 54.6 Å². The maximum atomic E-state index is 2.73. The molecule has 0 atom stereocenters. The highest BCUT2D eigenvalue weighted by atomic mass is 15.2. The molecule has 3 heterocycles. The Hall–Kier alpha value is -2.94. The first-order valence-corrected chi connectivity index (χ1v) is 19.9. The van der Waals surface area contributed by atoms with Gasteiger partial charge in [-0.1, -0.05) is 135 Å². The van der Waals surface area contributed by atoms with Crippen LogP contribution in [0.25, 0.3) is 0 Å². The van der Waals surface area contributed by atoms with Crippen molar-refractivity contribution in [2.45, 2.75) is 149 Å². The molecule has 0 amide bonds. The van der Waals surface area contributed by atoms with Crippen LogP contribution in [0.3, 0.4) is 0 Å². The van der Waals surface area contributed by atoms with Gasteiger partial charge in [-0.15, -0.1) is 0 Å². The smallest absolute Gasteiger partial charge is 0.0546 e. The summed E-state index contributed by atoms with van der Waals surface area (Å²) < 4.78 is 0. The zero-order chi connectivity index (χ0) is 32.6. The van der Waals surface area contributed by atoms with E-state index in [0.717, 1.165) is 19.6 Å². The highest BCUT2D eigenvalue weighted by Crippen LogP contribution is 2.66. The van der Waals surface area contributed by atoms with Gasteiger partial charge in [0.15, 0.2) is 0 Å². The van der Waals surface area contributed by atoms with Crippen LogP contribution in [0.2, 0.25) is 0 Å². The molecule has 47 heavy (non-hydrogen) atoms. The lowest BCUT2D eigenvalue weighted by Gasteiger charge is -2.55. The average Bonchev–Trinajstić information content (AvgIpc) is 3.09. The summed E-state index contributed by atoms with van der Waals surface area (Å²) in [5.74, 6) is 0. The monoisotopic (exact) mass is 634 g/mol. The van der Waals surface area contributed by atoms with Crippen molar-refractivity contribution >= 4 is 34.1 Å². The molecule has 0 spiro atoms. The minimum absolute atomic E-state index is 0.156. The van der Waals surface area contributed by atoms with Crippen molar-refractivity contribution in [3.8, 4) is 0 Å². The summed E-state index contributed by atoms with van der Waals surface area (Å²) in [6, 6.07) is 21.7. The summed E-state index contributed by atoms with van der Waals surface area (Å²) in [5.41, 5.74) is 13.2. The van der Waals surface area contributed by atoms with Gasteiger partial charge in [-0.2, -0.15) is 0 Å². The van der Waals surface area contributed by atoms with E-state index in [9.17, 15) is 0 Å². The Bertz CT molecular complexity index is 1220. The number of hydrogen-bond donors (Lipinski definition) is 0. The number of unbranched alkanes of at least 4 members (excludes halogenated alkanes) is 15. The third-order valence-corrected chi connectivity index (χ3v) is 11.5. The van der Waals surface area contributed by atoms with Gasteiger partial charge in [0.1, 0.15) is 0 Å². The molecule has 0 aliphatic carbocycles. The van der Waals surface area contributed by atoms with E-state index in [4.69, 9.17) is 0 Å². The Morgan fingerprint density at radius 3 is 0.851 bits per heavy atom. The van der Waals surface area contributed by atoms with E-state index in [1.165, 1.54) is 150 Å². The Balaban J connectivity index is 1.40. The van der Waals surface area contributed by atoms with Crippen molar-refractivity contribution in [2.24, 2.45) is 0 Å². The van der Waals surface area contributed by atoms with Crippen molar-refractivity contribution in [2.75, 3.05) is 34.3 Å². The summed E-state index contributed by atoms with van der Waals surface area (Å²) in [6.45, 7) is 12.8. The number of nitrogens with zero attached hydrogens (tertiary/aromatic N) is 3. The fraction of sp³-hybridized carbons (Fsp3) is 0.591. The van der Waals surface area contributed by atoms with E-state index in [1.807, 2.05) is 0 Å². The fourth-order valence-corrected chi connectivity index (χ4v) is 9.11. The van der Waals surface area contributed by atoms with E-state index >= 15 is 0 Å². The maximum absolute atomic E-state index is 2.73. The molecule has 0 N–H and O–H groups in total. The van der Waals surface area contributed by atoms with Gasteiger partial charge >= 0.3 is 0 Å². The number of rotatable bonds is 21. The van der Waals surface area contributed by atoms with E-state index in [1.54, 1.807) is 16.7 Å². The van der Waals surface area contributed by atoms with Crippen LogP contribution in [0, 0.1) is 0 Å². The number of benzene rings is 3. The Morgan fingerprint density at radius 1 is 0.362 bits per heavy atom. The molecule has 0 bridgehead atoms. The molecule has 0 saturated heterocycles. The lowest BCUT2D eigenvalue weighted by molar-refractivity contribution is 0.586. The van der Waals surface area contributed by atoms with Crippen LogP contribution in [0.4, 0.5) is 34.1 Å². The van der Waals surface area contributed by atoms with Gasteiger partial charge in [0, 0.05) is 70.4 Å². The largest absolute Gasteiger partial charge is 0.341 e. The van der Waals surface area contributed by atoms with Crippen molar-refractivity contribution in [1.29, 1.82) is 0 Å². The van der Waals surface area contributed by atoms with E-state index in [2.05, 4.69) is 97.0 Å². The molecular formula is C44H63N3. The van der Waals surface area contributed by atoms with Crippen LogP contribution in [0.1, 0.15) is 160 Å². The van der Waals surface area contributed by atoms with E-state index in [-0.39, 0.29) is 5.41 Å². The predicted octanol–water partition coefficient (Wildman–Crippen LogP) is 13.5. The standard InChI is InChI=1S/C44H63N3/c1-5-8-11-14-17-20-32-45-35-26-23-28-37-41(35)44(4)42-36(45)27-24-29-38(42)47(34-22-19-16-13-10-7-3)40-31-25-30-39(43(40)44)46(37)33-21-18-15-12-9-6-2/h23-31H,5-22,32-34H2,1-4H3. The molecule has 3 aromatic carbocycles. The molecule has 3 aliphatic heterocycles. The van der Waals surface area contributed by atoms with Crippen LogP contribution < -0.4 is 14.7 Å². The second-order valence-electron chi connectivity index (χ2n) is 14.9. The zero-order valence-corrected chi connectivity index (χ0v) is 30.4. The van der Waals surface area contributed by atoms with Gasteiger partial charge in [0.25, 0.3) is 0 Å². The van der Waals surface area contributed by atoms with Crippen LogP contribution >= 0.6 is 0 Å². The lowest BCUT2D eigenvalue weighted by Crippen LogP contribution is -2.46. The van der Waals surface area contributed by atoms with Crippen LogP contribution in [0.5, 0.6) is 0 Å². The summed E-state index contributed by atoms with van der Waals surface area (Å²) in [4.78, 5) is 8.18. The molecule has 6 rings (SSSR count). The second-order valence-corrected chi connectivity index (χ2v) is 14.9. The first kappa shape index (κ1) is 33.9. The van der Waals surface area contributed by atoms with Crippen molar-refractivity contribution < 1.29 is 0 Å². The van der Waals surface area contributed by atoms with E-state index < -0.39 is 0 Å². The molecule has 254 valence electrons. The third-order valence-electron chi connectivity index (χ3n) is 11.5. The molecule has 3 aliphatic rings. The number of hydrogen-bond acceptors (Lipinski definition) is 3. The first-order chi connectivity index (χ1) is 23.2. The van der Waals surface area contributed by atoms with Gasteiger partial charge in [-0.05, 0) is 62.6 Å². The van der Waals surface area contributed by atoms with Gasteiger partial charge in [0.2, 0.25) is 0 Å². The molecule has 3 heteroatoms. The molecular weight excluding hydrogens is 571 g/mol. The normalized spacial score (nSPS) is 14.9. The maximum Gasteiger partial charge on any atom is 0.0546 e. The molecule has 0 fully saturated rings. The fourth-order valence-electron chi connectivity index (χ4n) is 9.11. The Kier molecular flexibility index (Phi) is 11.5. The van der Waals surface area contributed by atoms with Crippen molar-refractivity contribution in [1.82, 2.24) is 0 Å². The molecule has 0 unspecified atom stereocenters. The summed E-state index contributed by atoms with van der Waals surface area (Å²) in [7, 11) is 0. The highest BCUT2D eigenvalue weighted by molar-refractivity contribution is 6.00. The van der Waals surface area contributed by atoms with Crippen molar-refractivity contribution in [3.63, 3.8) is 0 Å². The second kappa shape index (κ2) is 16.0. The summed E-state index contributed by atoms with van der Waals surface area (Å²) >= 11 is 0. The SMILES string of the molecule is CCCCCCCCN1c2cccc3c2C2(C)c4c1cccc4N(CCCCCCCC)c1cccc(c12)N3CCCCCCCC. The Labute approximate surface area is 287 Å². The number of anilines is 6. The summed E-state index contributed by atoms with van der Waals surface area (Å²) in [6.07, 6.45) is 23.9. The minimum Gasteiger partial charge on any atom is -0.341 e. The van der Waals surface area contributed by atoms with Crippen LogP contribution in [-0.4, -0.2) is 19.6 Å². The quantitative estimate of drug-likeness (QED) is 0.108. The highest BCUT2D eigenvalue weighted by Gasteiger charge is 2.53. The van der Waals surface area contributed by atoms with Gasteiger partial charge < -0.3 is 14.7 Å².